The first-order valence-corrected chi connectivity index (χ1v) is 10.7. The van der Waals surface area contributed by atoms with E-state index in [-0.39, 0.29) is 5.91 Å². The Kier molecular flexibility index (Phi) is 6.63. The molecular formula is C23H25ClN2OS. The summed E-state index contributed by atoms with van der Waals surface area (Å²) in [6, 6.07) is 15.7. The zero-order chi connectivity index (χ0) is 20.3. The maximum atomic E-state index is 13.0. The van der Waals surface area contributed by atoms with E-state index in [1.807, 2.05) is 30.3 Å². The number of halogens is 1. The Labute approximate surface area is 176 Å². The van der Waals surface area contributed by atoms with E-state index < -0.39 is 0 Å². The average molecular weight is 413 g/mol. The number of amides is 1. The van der Waals surface area contributed by atoms with Gasteiger partial charge in [-0.3, -0.25) is 9.69 Å². The minimum Gasteiger partial charge on any atom is -0.286 e. The van der Waals surface area contributed by atoms with Gasteiger partial charge in [-0.1, -0.05) is 63.6 Å². The van der Waals surface area contributed by atoms with Gasteiger partial charge in [0.15, 0.2) is 5.17 Å². The molecule has 0 N–H and O–H groups in total. The fraction of sp³-hybridized carbons (Fsp3) is 0.304. The van der Waals surface area contributed by atoms with Gasteiger partial charge in [-0.25, -0.2) is 4.99 Å². The highest BCUT2D eigenvalue weighted by atomic mass is 35.5. The number of hydrogen-bond acceptors (Lipinski definition) is 3. The summed E-state index contributed by atoms with van der Waals surface area (Å²) in [7, 11) is 0. The van der Waals surface area contributed by atoms with Crippen LogP contribution >= 0.6 is 23.4 Å². The minimum atomic E-state index is 0.0133. The minimum absolute atomic E-state index is 0.0133. The number of benzene rings is 2. The lowest BCUT2D eigenvalue weighted by Gasteiger charge is -2.17. The van der Waals surface area contributed by atoms with Crippen LogP contribution in [0.3, 0.4) is 0 Å². The van der Waals surface area contributed by atoms with Crippen LogP contribution in [0.1, 0.15) is 44.7 Å². The molecule has 0 bridgehead atoms. The fourth-order valence-corrected chi connectivity index (χ4v) is 4.01. The molecule has 5 heteroatoms. The third-order valence-corrected chi connectivity index (χ3v) is 5.65. The Morgan fingerprint density at radius 1 is 1.04 bits per heavy atom. The maximum Gasteiger partial charge on any atom is 0.266 e. The van der Waals surface area contributed by atoms with Crippen LogP contribution in [0.5, 0.6) is 0 Å². The third-order valence-electron chi connectivity index (χ3n) is 4.39. The molecule has 0 atom stereocenters. The molecule has 1 heterocycles. The van der Waals surface area contributed by atoms with Crippen LogP contribution in [0.4, 0.5) is 5.69 Å². The molecule has 0 saturated carbocycles. The van der Waals surface area contributed by atoms with Crippen molar-refractivity contribution in [2.24, 2.45) is 10.9 Å². The SMILES string of the molecule is CC(C)CN1C(=O)/C(=C\c2ccc(C(C)C)cc2)SC1=Nc1ccc(Cl)cc1. The quantitative estimate of drug-likeness (QED) is 0.510. The van der Waals surface area contributed by atoms with Crippen LogP contribution in [0, 0.1) is 5.92 Å². The average Bonchev–Trinajstić information content (AvgIpc) is 2.92. The molecule has 0 aliphatic carbocycles. The van der Waals surface area contributed by atoms with E-state index in [9.17, 15) is 4.79 Å². The van der Waals surface area contributed by atoms with Gasteiger partial charge in [-0.05, 0) is 65.1 Å². The Morgan fingerprint density at radius 3 is 2.25 bits per heavy atom. The molecule has 3 rings (SSSR count). The van der Waals surface area contributed by atoms with E-state index >= 15 is 0 Å². The van der Waals surface area contributed by atoms with Crippen molar-refractivity contribution in [1.82, 2.24) is 4.90 Å². The first-order valence-electron chi connectivity index (χ1n) is 9.49. The van der Waals surface area contributed by atoms with E-state index in [2.05, 4.69) is 52.0 Å². The highest BCUT2D eigenvalue weighted by Gasteiger charge is 2.33. The van der Waals surface area contributed by atoms with Crippen LogP contribution in [-0.4, -0.2) is 22.5 Å². The number of amidine groups is 1. The number of aliphatic imine (C=N–C) groups is 1. The van der Waals surface area contributed by atoms with Crippen molar-refractivity contribution < 1.29 is 4.79 Å². The zero-order valence-electron chi connectivity index (χ0n) is 16.6. The molecule has 1 aliphatic heterocycles. The van der Waals surface area contributed by atoms with Crippen LogP contribution in [0.25, 0.3) is 6.08 Å². The predicted octanol–water partition coefficient (Wildman–Crippen LogP) is 6.72. The smallest absolute Gasteiger partial charge is 0.266 e. The van der Waals surface area contributed by atoms with Gasteiger partial charge >= 0.3 is 0 Å². The molecule has 1 fully saturated rings. The number of carbonyl (C=O) groups excluding carboxylic acids is 1. The molecule has 1 amide bonds. The summed E-state index contributed by atoms with van der Waals surface area (Å²) < 4.78 is 0. The summed E-state index contributed by atoms with van der Waals surface area (Å²) in [5.41, 5.74) is 3.10. The first-order chi connectivity index (χ1) is 13.3. The molecule has 0 radical (unpaired) electrons. The number of nitrogens with zero attached hydrogens (tertiary/aromatic N) is 2. The lowest BCUT2D eigenvalue weighted by Crippen LogP contribution is -2.32. The van der Waals surface area contributed by atoms with E-state index in [0.29, 0.717) is 33.5 Å². The van der Waals surface area contributed by atoms with Crippen molar-refractivity contribution >= 4 is 46.2 Å². The molecule has 1 aliphatic rings. The molecule has 0 aromatic heterocycles. The van der Waals surface area contributed by atoms with Crippen LogP contribution in [0.15, 0.2) is 58.4 Å². The monoisotopic (exact) mass is 412 g/mol. The topological polar surface area (TPSA) is 32.7 Å². The first kappa shape index (κ1) is 20.7. The molecular weight excluding hydrogens is 388 g/mol. The summed E-state index contributed by atoms with van der Waals surface area (Å²) in [6.07, 6.45) is 1.95. The van der Waals surface area contributed by atoms with E-state index in [1.165, 1.54) is 17.3 Å². The van der Waals surface area contributed by atoms with Gasteiger partial charge in [0, 0.05) is 11.6 Å². The normalized spacial score (nSPS) is 17.5. The maximum absolute atomic E-state index is 13.0. The Morgan fingerprint density at radius 2 is 1.68 bits per heavy atom. The van der Waals surface area contributed by atoms with E-state index in [4.69, 9.17) is 16.6 Å². The summed E-state index contributed by atoms with van der Waals surface area (Å²) >= 11 is 7.39. The number of carbonyl (C=O) groups is 1. The van der Waals surface area contributed by atoms with Crippen molar-refractivity contribution in [3.8, 4) is 0 Å². The van der Waals surface area contributed by atoms with Crippen LogP contribution < -0.4 is 0 Å². The van der Waals surface area contributed by atoms with Crippen molar-refractivity contribution in [2.75, 3.05) is 6.54 Å². The Bertz CT molecular complexity index is 899. The summed E-state index contributed by atoms with van der Waals surface area (Å²) in [5.74, 6) is 0.854. The number of thioether (sulfide) groups is 1. The lowest BCUT2D eigenvalue weighted by molar-refractivity contribution is -0.122. The highest BCUT2D eigenvalue weighted by molar-refractivity contribution is 8.18. The summed E-state index contributed by atoms with van der Waals surface area (Å²) in [4.78, 5) is 20.2. The lowest BCUT2D eigenvalue weighted by atomic mass is 10.0. The predicted molar refractivity (Wildman–Crippen MR) is 121 cm³/mol. The van der Waals surface area contributed by atoms with Crippen molar-refractivity contribution in [1.29, 1.82) is 0 Å². The van der Waals surface area contributed by atoms with Gasteiger partial charge in [0.2, 0.25) is 0 Å². The molecule has 0 spiro atoms. The zero-order valence-corrected chi connectivity index (χ0v) is 18.2. The molecule has 0 unspecified atom stereocenters. The summed E-state index contributed by atoms with van der Waals surface area (Å²) in [5, 5.41) is 1.38. The molecule has 146 valence electrons. The van der Waals surface area contributed by atoms with Crippen molar-refractivity contribution in [2.45, 2.75) is 33.6 Å². The van der Waals surface area contributed by atoms with Gasteiger partial charge in [-0.2, -0.15) is 0 Å². The standard InChI is InChI=1S/C23H25ClN2OS/c1-15(2)14-26-22(27)21(13-17-5-7-18(8-6-17)16(3)4)28-23(26)25-20-11-9-19(24)10-12-20/h5-13,15-16H,14H2,1-4H3/b21-13+,25-23?. The largest absolute Gasteiger partial charge is 0.286 e. The van der Waals surface area contributed by atoms with Crippen molar-refractivity contribution in [3.05, 3.63) is 69.6 Å². The fourth-order valence-electron chi connectivity index (χ4n) is 2.87. The van der Waals surface area contributed by atoms with E-state index in [0.717, 1.165) is 11.3 Å². The van der Waals surface area contributed by atoms with Crippen LogP contribution in [-0.2, 0) is 4.79 Å². The van der Waals surface area contributed by atoms with Crippen molar-refractivity contribution in [3.63, 3.8) is 0 Å². The Balaban J connectivity index is 1.91. The van der Waals surface area contributed by atoms with Gasteiger partial charge in [0.25, 0.3) is 5.91 Å². The molecule has 3 nitrogen and oxygen atoms in total. The van der Waals surface area contributed by atoms with Gasteiger partial charge in [-0.15, -0.1) is 0 Å². The van der Waals surface area contributed by atoms with Crippen LogP contribution in [0.2, 0.25) is 5.02 Å². The molecule has 2 aromatic rings. The molecule has 2 aromatic carbocycles. The van der Waals surface area contributed by atoms with E-state index in [1.54, 1.807) is 4.90 Å². The highest BCUT2D eigenvalue weighted by Crippen LogP contribution is 2.35. The van der Waals surface area contributed by atoms with Gasteiger partial charge < -0.3 is 0 Å². The number of rotatable bonds is 5. The Hall–Kier alpha value is -2.04. The van der Waals surface area contributed by atoms with Gasteiger partial charge in [0.1, 0.15) is 0 Å². The third kappa shape index (κ3) is 5.06. The second-order valence-electron chi connectivity index (χ2n) is 7.61. The summed E-state index contributed by atoms with van der Waals surface area (Å²) in [6.45, 7) is 9.19. The number of hydrogen-bond donors (Lipinski definition) is 0. The second-order valence-corrected chi connectivity index (χ2v) is 9.06. The molecule has 1 saturated heterocycles. The second kappa shape index (κ2) is 8.97. The van der Waals surface area contributed by atoms with Gasteiger partial charge in [0.05, 0.1) is 10.6 Å². The molecule has 28 heavy (non-hydrogen) atoms.